The van der Waals surface area contributed by atoms with E-state index in [1.54, 1.807) is 0 Å². The fraction of sp³-hybridized carbons (Fsp3) is 0.333. The molecule has 0 spiro atoms. The molecule has 0 fully saturated rings. The highest BCUT2D eigenvalue weighted by Crippen LogP contribution is 2.14. The summed E-state index contributed by atoms with van der Waals surface area (Å²) in [5.74, 6) is 0. The number of aliphatic hydroxyl groups excluding tert-OH is 1. The second-order valence-electron chi connectivity index (χ2n) is 3.07. The molecule has 2 nitrogen and oxygen atoms in total. The Hall–Kier alpha value is -1.28. The first-order valence-corrected chi connectivity index (χ1v) is 4.90. The van der Waals surface area contributed by atoms with Crippen LogP contribution < -0.4 is 0 Å². The molecule has 0 unspecified atom stereocenters. The molecule has 14 heavy (non-hydrogen) atoms. The maximum atomic E-state index is 7.00. The van der Waals surface area contributed by atoms with Gasteiger partial charge in [-0.15, -0.1) is 0 Å². The summed E-state index contributed by atoms with van der Waals surface area (Å²) in [5.41, 5.74) is 1.35. The average molecular weight is 191 g/mol. The van der Waals surface area contributed by atoms with Gasteiger partial charge in [-0.2, -0.15) is 0 Å². The van der Waals surface area contributed by atoms with Gasteiger partial charge in [-0.05, 0) is 23.9 Å². The largest absolute Gasteiger partial charge is 0.400 e. The van der Waals surface area contributed by atoms with E-state index in [0.29, 0.717) is 0 Å². The molecule has 0 amide bonds. The van der Waals surface area contributed by atoms with Gasteiger partial charge in [-0.3, -0.25) is 0 Å². The van der Waals surface area contributed by atoms with Gasteiger partial charge in [-0.25, -0.2) is 0 Å². The summed E-state index contributed by atoms with van der Waals surface area (Å²) in [5, 5.41) is 8.34. The van der Waals surface area contributed by atoms with Crippen LogP contribution in [0.3, 0.4) is 0 Å². The molecule has 2 aromatic rings. The minimum Gasteiger partial charge on any atom is -0.400 e. The number of hydrogen-bond acceptors (Lipinski definition) is 1. The van der Waals surface area contributed by atoms with Gasteiger partial charge in [-0.1, -0.05) is 25.1 Å². The predicted octanol–water partition coefficient (Wildman–Crippen LogP) is 2.66. The van der Waals surface area contributed by atoms with E-state index in [-0.39, 0.29) is 0 Å². The summed E-state index contributed by atoms with van der Waals surface area (Å²) >= 11 is 0. The number of para-hydroxylation sites is 1. The number of hydrogen-bond donors (Lipinski definition) is 1. The van der Waals surface area contributed by atoms with Crippen LogP contribution in [0, 0.1) is 0 Å². The molecule has 0 bridgehead atoms. The molecule has 2 rings (SSSR count). The number of aromatic nitrogens is 1. The number of aryl methyl sites for hydroxylation is 1. The van der Waals surface area contributed by atoms with Gasteiger partial charge in [0.1, 0.15) is 0 Å². The minimum atomic E-state index is 1.00. The van der Waals surface area contributed by atoms with Gasteiger partial charge < -0.3 is 9.67 Å². The molecule has 1 N–H and O–H groups in total. The van der Waals surface area contributed by atoms with E-state index in [1.165, 1.54) is 17.3 Å². The summed E-state index contributed by atoms with van der Waals surface area (Å²) < 4.78 is 2.30. The van der Waals surface area contributed by atoms with E-state index in [1.807, 2.05) is 0 Å². The fourth-order valence-electron chi connectivity index (χ4n) is 1.58. The average Bonchev–Trinajstić information content (AvgIpc) is 2.66. The summed E-state index contributed by atoms with van der Waals surface area (Å²) in [6.45, 7) is 3.32. The van der Waals surface area contributed by atoms with Crippen molar-refractivity contribution in [1.82, 2.24) is 4.57 Å². The van der Waals surface area contributed by atoms with E-state index < -0.39 is 0 Å². The van der Waals surface area contributed by atoms with Gasteiger partial charge in [0.15, 0.2) is 0 Å². The van der Waals surface area contributed by atoms with Crippen LogP contribution in [0.2, 0.25) is 0 Å². The molecule has 0 saturated carbocycles. The third-order valence-electron chi connectivity index (χ3n) is 2.14. The molecular formula is C12H17NO. The Bertz CT molecular complexity index is 378. The van der Waals surface area contributed by atoms with E-state index in [2.05, 4.69) is 48.0 Å². The van der Waals surface area contributed by atoms with Gasteiger partial charge in [0, 0.05) is 25.4 Å². The standard InChI is InChI=1S/C11H13N.CH4O/c1-2-8-12-9-7-10-5-3-4-6-11(10)12;1-2/h3-7,9H,2,8H2,1H3;2H,1H3. The minimum absolute atomic E-state index is 1.00. The lowest BCUT2D eigenvalue weighted by Gasteiger charge is -2.01. The van der Waals surface area contributed by atoms with Crippen LogP contribution in [-0.2, 0) is 6.54 Å². The summed E-state index contributed by atoms with van der Waals surface area (Å²) in [7, 11) is 1.00. The molecule has 1 heterocycles. The Labute approximate surface area is 84.8 Å². The molecule has 0 aliphatic carbocycles. The number of rotatable bonds is 2. The molecule has 0 saturated heterocycles. The topological polar surface area (TPSA) is 25.2 Å². The van der Waals surface area contributed by atoms with Gasteiger partial charge in [0.2, 0.25) is 0 Å². The van der Waals surface area contributed by atoms with Crippen LogP contribution in [0.15, 0.2) is 36.5 Å². The van der Waals surface area contributed by atoms with Crippen LogP contribution in [0.1, 0.15) is 13.3 Å². The monoisotopic (exact) mass is 191 g/mol. The highest BCUT2D eigenvalue weighted by atomic mass is 16.2. The lowest BCUT2D eigenvalue weighted by atomic mass is 10.2. The van der Waals surface area contributed by atoms with Crippen LogP contribution in [0.5, 0.6) is 0 Å². The van der Waals surface area contributed by atoms with Crippen molar-refractivity contribution in [3.63, 3.8) is 0 Å². The normalized spacial score (nSPS) is 9.64. The summed E-state index contributed by atoms with van der Waals surface area (Å²) in [6, 6.07) is 10.7. The third kappa shape index (κ3) is 2.15. The molecule has 0 aliphatic heterocycles. The summed E-state index contributed by atoms with van der Waals surface area (Å²) in [4.78, 5) is 0. The van der Waals surface area contributed by atoms with Crippen molar-refractivity contribution in [2.75, 3.05) is 7.11 Å². The van der Waals surface area contributed by atoms with Crippen LogP contribution in [0.4, 0.5) is 0 Å². The molecule has 0 aliphatic rings. The molecule has 1 aromatic heterocycles. The maximum Gasteiger partial charge on any atom is 0.0480 e. The molecular weight excluding hydrogens is 174 g/mol. The first-order chi connectivity index (χ1) is 6.92. The SMILES string of the molecule is CCCn1ccc2ccccc21.CO. The number of nitrogens with zero attached hydrogens (tertiary/aromatic N) is 1. The van der Waals surface area contributed by atoms with E-state index in [0.717, 1.165) is 13.7 Å². The van der Waals surface area contributed by atoms with Crippen molar-refractivity contribution >= 4 is 10.9 Å². The smallest absolute Gasteiger partial charge is 0.0480 e. The first-order valence-electron chi connectivity index (χ1n) is 4.90. The Morgan fingerprint density at radius 2 is 1.86 bits per heavy atom. The Balaban J connectivity index is 0.000000461. The summed E-state index contributed by atoms with van der Waals surface area (Å²) in [6.07, 6.45) is 3.35. The maximum absolute atomic E-state index is 7.00. The van der Waals surface area contributed by atoms with Crippen molar-refractivity contribution in [1.29, 1.82) is 0 Å². The van der Waals surface area contributed by atoms with Crippen LogP contribution >= 0.6 is 0 Å². The molecule has 0 radical (unpaired) electrons. The van der Waals surface area contributed by atoms with Crippen molar-refractivity contribution < 1.29 is 5.11 Å². The highest BCUT2D eigenvalue weighted by molar-refractivity contribution is 5.79. The lowest BCUT2D eigenvalue weighted by molar-refractivity contribution is 0.399. The van der Waals surface area contributed by atoms with Gasteiger partial charge in [0.05, 0.1) is 0 Å². The fourth-order valence-corrected chi connectivity index (χ4v) is 1.58. The van der Waals surface area contributed by atoms with Crippen molar-refractivity contribution in [3.05, 3.63) is 36.5 Å². The quantitative estimate of drug-likeness (QED) is 0.775. The molecule has 76 valence electrons. The van der Waals surface area contributed by atoms with E-state index in [9.17, 15) is 0 Å². The van der Waals surface area contributed by atoms with E-state index >= 15 is 0 Å². The van der Waals surface area contributed by atoms with Crippen molar-refractivity contribution in [2.24, 2.45) is 0 Å². The predicted molar refractivity (Wildman–Crippen MR) is 60.4 cm³/mol. The molecule has 0 atom stereocenters. The van der Waals surface area contributed by atoms with Gasteiger partial charge in [0.25, 0.3) is 0 Å². The van der Waals surface area contributed by atoms with Crippen LogP contribution in [-0.4, -0.2) is 16.8 Å². The highest BCUT2D eigenvalue weighted by Gasteiger charge is 1.96. The molecule has 1 aromatic carbocycles. The Kier molecular flexibility index (Phi) is 4.20. The number of fused-ring (bicyclic) bond motifs is 1. The number of benzene rings is 1. The van der Waals surface area contributed by atoms with Crippen LogP contribution in [0.25, 0.3) is 10.9 Å². The van der Waals surface area contributed by atoms with E-state index in [4.69, 9.17) is 5.11 Å². The molecule has 2 heteroatoms. The van der Waals surface area contributed by atoms with Gasteiger partial charge >= 0.3 is 0 Å². The Morgan fingerprint density at radius 3 is 2.57 bits per heavy atom. The zero-order valence-electron chi connectivity index (χ0n) is 8.77. The third-order valence-corrected chi connectivity index (χ3v) is 2.14. The second-order valence-corrected chi connectivity index (χ2v) is 3.07. The second kappa shape index (κ2) is 5.45. The van der Waals surface area contributed by atoms with Crippen molar-refractivity contribution in [3.8, 4) is 0 Å². The first kappa shape index (κ1) is 10.8. The van der Waals surface area contributed by atoms with Crippen molar-refractivity contribution in [2.45, 2.75) is 19.9 Å². The zero-order chi connectivity index (χ0) is 10.4. The lowest BCUT2D eigenvalue weighted by Crippen LogP contribution is -1.92. The number of aliphatic hydroxyl groups is 1. The Morgan fingerprint density at radius 1 is 1.14 bits per heavy atom. The zero-order valence-corrected chi connectivity index (χ0v) is 8.77.